The zero-order chi connectivity index (χ0) is 54.1. The zero-order valence-electron chi connectivity index (χ0n) is 44.3. The van der Waals surface area contributed by atoms with Crippen molar-refractivity contribution in [1.29, 1.82) is 0 Å². The first kappa shape index (κ1) is 66.0. The zero-order valence-corrected chi connectivity index (χ0v) is 44.3. The summed E-state index contributed by atoms with van der Waals surface area (Å²) in [4.78, 5) is 13.2. The number of allylic oxidation sites excluding steroid dienone is 7. The molecule has 17 atom stereocenters. The maximum Gasteiger partial charge on any atom is 0.220 e. The highest BCUT2D eigenvalue weighted by Crippen LogP contribution is 2.33. The topological polar surface area (TPSA) is 307 Å². The van der Waals surface area contributed by atoms with Gasteiger partial charge in [0.25, 0.3) is 0 Å². The molecule has 0 aliphatic carbocycles. The molecule has 0 saturated carbocycles. The monoisotopic (exact) mass is 1060 g/mol. The van der Waals surface area contributed by atoms with Crippen LogP contribution in [0.5, 0.6) is 0 Å². The van der Waals surface area contributed by atoms with Crippen LogP contribution in [0, 0.1) is 0 Å². The number of aliphatic hydroxyl groups excluding tert-OH is 11. The van der Waals surface area contributed by atoms with Gasteiger partial charge < -0.3 is 89.9 Å². The molecule has 3 fully saturated rings. The first-order valence-corrected chi connectivity index (χ1v) is 27.9. The average molecular weight is 1060 g/mol. The molecule has 19 heteroatoms. The van der Waals surface area contributed by atoms with E-state index in [-0.39, 0.29) is 18.9 Å². The van der Waals surface area contributed by atoms with Crippen molar-refractivity contribution in [3.05, 3.63) is 48.6 Å². The van der Waals surface area contributed by atoms with Crippen LogP contribution in [0.2, 0.25) is 0 Å². The van der Waals surface area contributed by atoms with E-state index in [1.165, 1.54) is 64.2 Å². The number of nitrogens with one attached hydrogen (secondary N) is 1. The minimum Gasteiger partial charge on any atom is -0.394 e. The molecule has 12 N–H and O–H groups in total. The van der Waals surface area contributed by atoms with Gasteiger partial charge in [-0.3, -0.25) is 4.79 Å². The lowest BCUT2D eigenvalue weighted by molar-refractivity contribution is -0.379. The van der Waals surface area contributed by atoms with E-state index in [1.807, 2.05) is 6.08 Å². The van der Waals surface area contributed by atoms with Crippen LogP contribution in [-0.4, -0.2) is 193 Å². The molecule has 3 aliphatic rings. The predicted molar refractivity (Wildman–Crippen MR) is 277 cm³/mol. The lowest BCUT2D eigenvalue weighted by atomic mass is 9.96. The fourth-order valence-corrected chi connectivity index (χ4v) is 9.16. The highest BCUT2D eigenvalue weighted by atomic mass is 16.8. The van der Waals surface area contributed by atoms with Gasteiger partial charge in [0.1, 0.15) is 73.2 Å². The molecular weight excluding hydrogens is 963 g/mol. The Balaban J connectivity index is 1.47. The number of hydrogen-bond donors (Lipinski definition) is 12. The van der Waals surface area contributed by atoms with Crippen molar-refractivity contribution in [3.8, 4) is 0 Å². The third-order valence-corrected chi connectivity index (χ3v) is 13.8. The van der Waals surface area contributed by atoms with Gasteiger partial charge in [-0.1, -0.05) is 146 Å². The Morgan fingerprint density at radius 1 is 0.486 bits per heavy atom. The Bertz CT molecular complexity index is 1550. The fourth-order valence-electron chi connectivity index (χ4n) is 9.16. The molecule has 1 amide bonds. The standard InChI is InChI=1S/C55H97NO18/c1-3-5-7-9-11-13-14-15-16-17-18-19-20-21-22-23-24-25-27-29-31-33-43(61)56-38(39(60)32-30-28-26-12-10-8-6-4-2)37-69-53-49(67)46(64)51(41(35-58)71-53)74-55-50(68)47(65)52(42(36-59)72-55)73-54-48(66)45(63)44(62)40(34-57)70-54/h10,12,14-15,17-18,30,32,38-42,44-55,57-60,62-68H,3-9,11,13,16,19-29,31,33-37H2,1-2H3,(H,56,61)/b12-10+,15-14-,18-17-,32-30+. The van der Waals surface area contributed by atoms with Gasteiger partial charge in [-0.05, 0) is 57.8 Å². The molecular formula is C55H97NO18. The fraction of sp³-hybridized carbons (Fsp3) is 0.836. The predicted octanol–water partition coefficient (Wildman–Crippen LogP) is 3.53. The molecule has 0 aromatic carbocycles. The van der Waals surface area contributed by atoms with Gasteiger partial charge in [0.05, 0.1) is 38.6 Å². The first-order valence-electron chi connectivity index (χ1n) is 27.9. The van der Waals surface area contributed by atoms with Crippen molar-refractivity contribution in [1.82, 2.24) is 5.32 Å². The first-order chi connectivity index (χ1) is 35.8. The second kappa shape index (κ2) is 39.2. The summed E-state index contributed by atoms with van der Waals surface area (Å²) >= 11 is 0. The molecule has 3 saturated heterocycles. The molecule has 0 aromatic rings. The molecule has 3 aliphatic heterocycles. The number of rotatable bonds is 39. The van der Waals surface area contributed by atoms with E-state index >= 15 is 0 Å². The molecule has 0 aromatic heterocycles. The number of ether oxygens (including phenoxy) is 6. The van der Waals surface area contributed by atoms with Crippen LogP contribution in [0.1, 0.15) is 162 Å². The third kappa shape index (κ3) is 23.8. The molecule has 430 valence electrons. The lowest BCUT2D eigenvalue weighted by Crippen LogP contribution is -2.66. The normalized spacial score (nSPS) is 31.8. The molecule has 74 heavy (non-hydrogen) atoms. The van der Waals surface area contributed by atoms with Crippen molar-refractivity contribution in [2.45, 2.75) is 266 Å². The van der Waals surface area contributed by atoms with Crippen LogP contribution in [0.3, 0.4) is 0 Å². The Morgan fingerprint density at radius 2 is 0.919 bits per heavy atom. The maximum atomic E-state index is 13.2. The van der Waals surface area contributed by atoms with Gasteiger partial charge in [-0.25, -0.2) is 0 Å². The highest BCUT2D eigenvalue weighted by Gasteiger charge is 2.53. The van der Waals surface area contributed by atoms with Gasteiger partial charge in [0, 0.05) is 6.42 Å². The molecule has 0 spiro atoms. The summed E-state index contributed by atoms with van der Waals surface area (Å²) in [6, 6.07) is -0.989. The molecule has 0 bridgehead atoms. The number of hydrogen-bond acceptors (Lipinski definition) is 18. The average Bonchev–Trinajstić information content (AvgIpc) is 3.40. The number of aliphatic hydroxyl groups is 11. The quantitative estimate of drug-likeness (QED) is 0.0310. The molecule has 3 heterocycles. The van der Waals surface area contributed by atoms with Crippen LogP contribution in [0.15, 0.2) is 48.6 Å². The molecule has 0 radical (unpaired) electrons. The summed E-state index contributed by atoms with van der Waals surface area (Å²) in [5.41, 5.74) is 0. The summed E-state index contributed by atoms with van der Waals surface area (Å²) in [6.45, 7) is 1.57. The second-order valence-electron chi connectivity index (χ2n) is 20.0. The third-order valence-electron chi connectivity index (χ3n) is 13.8. The van der Waals surface area contributed by atoms with Crippen LogP contribution >= 0.6 is 0 Å². The highest BCUT2D eigenvalue weighted by molar-refractivity contribution is 5.76. The SMILES string of the molecule is CCCC/C=C/CC/C=C/C(O)C(COC1OC(CO)C(OC2OC(CO)C(OC3OC(CO)C(O)C(O)C3O)C(O)C2O)C(O)C1O)NC(=O)CCCCCCCCCCC/C=C\C/C=C\CCCCCCC. The van der Waals surface area contributed by atoms with E-state index in [9.17, 15) is 61.0 Å². The molecule has 3 rings (SSSR count). The molecule has 19 nitrogen and oxygen atoms in total. The maximum absolute atomic E-state index is 13.2. The van der Waals surface area contributed by atoms with Crippen LogP contribution in [0.4, 0.5) is 0 Å². The van der Waals surface area contributed by atoms with E-state index in [0.29, 0.717) is 12.8 Å². The summed E-state index contributed by atoms with van der Waals surface area (Å²) < 4.78 is 34.1. The van der Waals surface area contributed by atoms with Gasteiger partial charge in [0.2, 0.25) is 5.91 Å². The van der Waals surface area contributed by atoms with E-state index in [0.717, 1.165) is 64.2 Å². The summed E-state index contributed by atoms with van der Waals surface area (Å²) in [6.07, 6.45) is 14.2. The second-order valence-corrected chi connectivity index (χ2v) is 20.0. The van der Waals surface area contributed by atoms with E-state index < -0.39 is 124 Å². The van der Waals surface area contributed by atoms with Crippen molar-refractivity contribution >= 4 is 5.91 Å². The number of unbranched alkanes of at least 4 members (excludes halogenated alkanes) is 17. The minimum atomic E-state index is -1.98. The van der Waals surface area contributed by atoms with Crippen molar-refractivity contribution in [2.24, 2.45) is 0 Å². The summed E-state index contributed by atoms with van der Waals surface area (Å²) in [7, 11) is 0. The Hall–Kier alpha value is -2.25. The lowest BCUT2D eigenvalue weighted by Gasteiger charge is -2.48. The summed E-state index contributed by atoms with van der Waals surface area (Å²) in [5.74, 6) is -0.296. The van der Waals surface area contributed by atoms with Gasteiger partial charge in [-0.2, -0.15) is 0 Å². The van der Waals surface area contributed by atoms with Crippen LogP contribution < -0.4 is 5.32 Å². The Morgan fingerprint density at radius 3 is 1.47 bits per heavy atom. The van der Waals surface area contributed by atoms with E-state index in [1.54, 1.807) is 6.08 Å². The van der Waals surface area contributed by atoms with Gasteiger partial charge in [0.15, 0.2) is 18.9 Å². The Kier molecular flexibility index (Phi) is 34.9. The van der Waals surface area contributed by atoms with Crippen molar-refractivity contribution in [3.63, 3.8) is 0 Å². The minimum absolute atomic E-state index is 0.228. The van der Waals surface area contributed by atoms with E-state index in [4.69, 9.17) is 28.4 Å². The van der Waals surface area contributed by atoms with Gasteiger partial charge >= 0.3 is 0 Å². The molecule has 17 unspecified atom stereocenters. The van der Waals surface area contributed by atoms with Crippen molar-refractivity contribution in [2.75, 3.05) is 26.4 Å². The summed E-state index contributed by atoms with van der Waals surface area (Å²) in [5, 5.41) is 120. The van der Waals surface area contributed by atoms with Crippen LogP contribution in [-0.2, 0) is 33.2 Å². The number of carbonyl (C=O) groups excluding carboxylic acids is 1. The van der Waals surface area contributed by atoms with Crippen LogP contribution in [0.25, 0.3) is 0 Å². The Labute approximate surface area is 440 Å². The van der Waals surface area contributed by atoms with Crippen molar-refractivity contribution < 1.29 is 89.4 Å². The number of carbonyl (C=O) groups is 1. The van der Waals surface area contributed by atoms with Gasteiger partial charge in [-0.15, -0.1) is 0 Å². The smallest absolute Gasteiger partial charge is 0.220 e. The number of amides is 1. The largest absolute Gasteiger partial charge is 0.394 e. The van der Waals surface area contributed by atoms with E-state index in [2.05, 4.69) is 55.6 Å².